The number of fused-ring (bicyclic) bond motifs is 1. The first-order chi connectivity index (χ1) is 16.3. The zero-order valence-corrected chi connectivity index (χ0v) is 20.4. The molecule has 178 valence electrons. The summed E-state index contributed by atoms with van der Waals surface area (Å²) >= 11 is 6.18. The van der Waals surface area contributed by atoms with E-state index in [0.717, 1.165) is 34.7 Å². The summed E-state index contributed by atoms with van der Waals surface area (Å²) in [5.74, 6) is -1.08. The number of nitrogens with one attached hydrogen (secondary N) is 1. The SMILES string of the molecule is Cc1ccc(S(=O)(=O)N(CC(=O)NC2CCCc3ccccc32)Cc2c(F)cccc2Cl)cc1. The van der Waals surface area contributed by atoms with E-state index in [-0.39, 0.29) is 28.1 Å². The van der Waals surface area contributed by atoms with E-state index in [1.54, 1.807) is 12.1 Å². The Kier molecular flexibility index (Phi) is 7.36. The quantitative estimate of drug-likeness (QED) is 0.486. The van der Waals surface area contributed by atoms with Crippen molar-refractivity contribution in [2.24, 2.45) is 0 Å². The number of rotatable bonds is 7. The first-order valence-corrected chi connectivity index (χ1v) is 12.9. The van der Waals surface area contributed by atoms with Crippen molar-refractivity contribution in [2.45, 2.75) is 43.7 Å². The van der Waals surface area contributed by atoms with Crippen LogP contribution in [0.3, 0.4) is 0 Å². The highest BCUT2D eigenvalue weighted by atomic mass is 35.5. The highest BCUT2D eigenvalue weighted by molar-refractivity contribution is 7.89. The van der Waals surface area contributed by atoms with E-state index < -0.39 is 28.3 Å². The maximum Gasteiger partial charge on any atom is 0.243 e. The Bertz CT molecular complexity index is 1280. The Balaban J connectivity index is 1.62. The van der Waals surface area contributed by atoms with Crippen molar-refractivity contribution in [2.75, 3.05) is 6.54 Å². The maximum absolute atomic E-state index is 14.5. The number of aryl methyl sites for hydroxylation is 2. The van der Waals surface area contributed by atoms with Crippen molar-refractivity contribution in [3.63, 3.8) is 0 Å². The largest absolute Gasteiger partial charge is 0.348 e. The molecule has 5 nitrogen and oxygen atoms in total. The first kappa shape index (κ1) is 24.4. The monoisotopic (exact) mass is 500 g/mol. The molecule has 34 heavy (non-hydrogen) atoms. The van der Waals surface area contributed by atoms with Crippen LogP contribution in [0.5, 0.6) is 0 Å². The number of benzene rings is 3. The molecule has 0 spiro atoms. The minimum absolute atomic E-state index is 0.0238. The predicted octanol–water partition coefficient (Wildman–Crippen LogP) is 5.17. The van der Waals surface area contributed by atoms with Crippen LogP contribution < -0.4 is 5.32 Å². The highest BCUT2D eigenvalue weighted by Crippen LogP contribution is 2.30. The van der Waals surface area contributed by atoms with Crippen molar-refractivity contribution in [1.29, 1.82) is 0 Å². The molecule has 1 aliphatic rings. The lowest BCUT2D eigenvalue weighted by Gasteiger charge is -2.28. The summed E-state index contributed by atoms with van der Waals surface area (Å²) in [6, 6.07) is 18.2. The third-order valence-corrected chi connectivity index (χ3v) is 8.24. The summed E-state index contributed by atoms with van der Waals surface area (Å²) in [6.45, 7) is 1.03. The lowest BCUT2D eigenvalue weighted by Crippen LogP contribution is -2.42. The van der Waals surface area contributed by atoms with Crippen LogP contribution >= 0.6 is 11.6 Å². The fraction of sp³-hybridized carbons (Fsp3) is 0.269. The molecular formula is C26H26ClFN2O3S. The molecule has 0 fully saturated rings. The summed E-state index contributed by atoms with van der Waals surface area (Å²) < 4.78 is 42.5. The number of sulfonamides is 1. The van der Waals surface area contributed by atoms with Gasteiger partial charge in [0.25, 0.3) is 0 Å². The maximum atomic E-state index is 14.5. The van der Waals surface area contributed by atoms with Crippen molar-refractivity contribution in [3.05, 3.63) is 99.8 Å². The number of amides is 1. The average Bonchev–Trinajstić information content (AvgIpc) is 2.81. The second-order valence-corrected chi connectivity index (χ2v) is 10.8. The van der Waals surface area contributed by atoms with Gasteiger partial charge in [-0.05, 0) is 61.6 Å². The van der Waals surface area contributed by atoms with Crippen molar-refractivity contribution in [3.8, 4) is 0 Å². The molecule has 4 rings (SSSR count). The molecule has 0 saturated heterocycles. The third kappa shape index (κ3) is 5.32. The van der Waals surface area contributed by atoms with Gasteiger partial charge < -0.3 is 5.32 Å². The van der Waals surface area contributed by atoms with Gasteiger partial charge in [-0.2, -0.15) is 4.31 Å². The van der Waals surface area contributed by atoms with Crippen LogP contribution in [0.2, 0.25) is 5.02 Å². The lowest BCUT2D eigenvalue weighted by atomic mass is 9.88. The van der Waals surface area contributed by atoms with Gasteiger partial charge in [-0.1, -0.05) is 59.6 Å². The standard InChI is InChI=1S/C26H26ClFN2O3S/c1-18-12-14-20(15-13-18)34(32,33)30(16-22-23(27)9-5-10-24(22)28)17-26(31)29-25-11-4-7-19-6-2-3-8-21(19)25/h2-3,5-6,8-10,12-15,25H,4,7,11,16-17H2,1H3,(H,29,31). The van der Waals surface area contributed by atoms with E-state index in [1.807, 2.05) is 31.2 Å². The summed E-state index contributed by atoms with van der Waals surface area (Å²) in [6.07, 6.45) is 2.65. The number of carbonyl (C=O) groups excluding carboxylic acids is 1. The van der Waals surface area contributed by atoms with Gasteiger partial charge in [0.05, 0.1) is 17.5 Å². The summed E-state index contributed by atoms with van der Waals surface area (Å²) in [4.78, 5) is 13.1. The van der Waals surface area contributed by atoms with E-state index in [4.69, 9.17) is 11.6 Å². The summed E-state index contributed by atoms with van der Waals surface area (Å²) in [5.41, 5.74) is 3.15. The zero-order chi connectivity index (χ0) is 24.3. The Labute approximate surface area is 204 Å². The highest BCUT2D eigenvalue weighted by Gasteiger charge is 2.30. The van der Waals surface area contributed by atoms with Gasteiger partial charge >= 0.3 is 0 Å². The van der Waals surface area contributed by atoms with Crippen LogP contribution in [0.4, 0.5) is 4.39 Å². The molecule has 1 N–H and O–H groups in total. The molecule has 0 radical (unpaired) electrons. The second-order valence-electron chi connectivity index (χ2n) is 8.50. The van der Waals surface area contributed by atoms with Gasteiger partial charge in [0.2, 0.25) is 15.9 Å². The van der Waals surface area contributed by atoms with E-state index in [2.05, 4.69) is 5.32 Å². The molecule has 8 heteroatoms. The molecule has 0 heterocycles. The molecule has 1 atom stereocenters. The Morgan fingerprint density at radius 2 is 1.82 bits per heavy atom. The van der Waals surface area contributed by atoms with Crippen LogP contribution in [-0.2, 0) is 27.8 Å². The normalized spacial score (nSPS) is 15.7. The minimum atomic E-state index is -4.10. The van der Waals surface area contributed by atoms with Crippen molar-refractivity contribution in [1.82, 2.24) is 9.62 Å². The summed E-state index contributed by atoms with van der Waals surface area (Å²) in [5, 5.41) is 3.08. The number of carbonyl (C=O) groups is 1. The summed E-state index contributed by atoms with van der Waals surface area (Å²) in [7, 11) is -4.10. The average molecular weight is 501 g/mol. The lowest BCUT2D eigenvalue weighted by molar-refractivity contribution is -0.122. The second kappa shape index (κ2) is 10.3. The van der Waals surface area contributed by atoms with E-state index in [1.165, 1.54) is 35.9 Å². The zero-order valence-electron chi connectivity index (χ0n) is 18.8. The van der Waals surface area contributed by atoms with Crippen molar-refractivity contribution >= 4 is 27.5 Å². The molecule has 0 saturated carbocycles. The topological polar surface area (TPSA) is 66.5 Å². The number of hydrogen-bond donors (Lipinski definition) is 1. The molecule has 3 aromatic carbocycles. The fourth-order valence-electron chi connectivity index (χ4n) is 4.25. The number of halogens is 2. The Hall–Kier alpha value is -2.74. The Morgan fingerprint density at radius 1 is 1.09 bits per heavy atom. The Morgan fingerprint density at radius 3 is 2.56 bits per heavy atom. The molecule has 0 bridgehead atoms. The molecule has 3 aromatic rings. The van der Waals surface area contributed by atoms with Crippen LogP contribution in [0.15, 0.2) is 71.6 Å². The van der Waals surface area contributed by atoms with Gasteiger partial charge in [0, 0.05) is 17.1 Å². The van der Waals surface area contributed by atoms with Crippen LogP contribution in [0.1, 0.15) is 41.1 Å². The smallest absolute Gasteiger partial charge is 0.243 e. The molecular weight excluding hydrogens is 475 g/mol. The third-order valence-electron chi connectivity index (χ3n) is 6.08. The molecule has 1 amide bonds. The predicted molar refractivity (Wildman–Crippen MR) is 130 cm³/mol. The number of hydrogen-bond acceptors (Lipinski definition) is 3. The number of nitrogens with zero attached hydrogens (tertiary/aromatic N) is 1. The van der Waals surface area contributed by atoms with Crippen LogP contribution in [0, 0.1) is 12.7 Å². The molecule has 0 aliphatic heterocycles. The van der Waals surface area contributed by atoms with Gasteiger partial charge in [-0.25, -0.2) is 12.8 Å². The van der Waals surface area contributed by atoms with Gasteiger partial charge in [-0.15, -0.1) is 0 Å². The van der Waals surface area contributed by atoms with Gasteiger partial charge in [0.15, 0.2) is 0 Å². The molecule has 1 aliphatic carbocycles. The van der Waals surface area contributed by atoms with Gasteiger partial charge in [-0.3, -0.25) is 4.79 Å². The van der Waals surface area contributed by atoms with Crippen LogP contribution in [0.25, 0.3) is 0 Å². The van der Waals surface area contributed by atoms with Crippen molar-refractivity contribution < 1.29 is 17.6 Å². The minimum Gasteiger partial charge on any atom is -0.348 e. The van der Waals surface area contributed by atoms with Gasteiger partial charge in [0.1, 0.15) is 5.82 Å². The van der Waals surface area contributed by atoms with E-state index in [0.29, 0.717) is 0 Å². The van der Waals surface area contributed by atoms with Crippen LogP contribution in [-0.4, -0.2) is 25.2 Å². The van der Waals surface area contributed by atoms with E-state index >= 15 is 0 Å². The fourth-order valence-corrected chi connectivity index (χ4v) is 5.84. The van der Waals surface area contributed by atoms with E-state index in [9.17, 15) is 17.6 Å². The molecule has 1 unspecified atom stereocenters. The molecule has 0 aromatic heterocycles. The first-order valence-electron chi connectivity index (χ1n) is 11.1.